The molecule has 0 bridgehead atoms. The van der Waals surface area contributed by atoms with Crippen molar-refractivity contribution < 1.29 is 4.74 Å². The maximum atomic E-state index is 6.20. The Morgan fingerprint density at radius 2 is 1.95 bits per heavy atom. The van der Waals surface area contributed by atoms with Crippen molar-refractivity contribution >= 4 is 15.9 Å². The van der Waals surface area contributed by atoms with Crippen LogP contribution in [0.4, 0.5) is 0 Å². The Morgan fingerprint density at radius 3 is 2.57 bits per heavy atom. The quantitative estimate of drug-likeness (QED) is 0.773. The average Bonchev–Trinajstić information content (AvgIpc) is 2.51. The van der Waals surface area contributed by atoms with Gasteiger partial charge in [0, 0.05) is 10.5 Å². The zero-order valence-electron chi connectivity index (χ0n) is 13.3. The molecule has 3 heteroatoms. The first-order valence-corrected chi connectivity index (χ1v) is 9.12. The summed E-state index contributed by atoms with van der Waals surface area (Å²) in [4.78, 5) is 0. The normalized spacial score (nSPS) is 23.8. The number of ether oxygens (including phenoxy) is 1. The van der Waals surface area contributed by atoms with Crippen LogP contribution >= 0.6 is 15.9 Å². The fourth-order valence-corrected chi connectivity index (χ4v) is 3.47. The summed E-state index contributed by atoms with van der Waals surface area (Å²) in [5, 5.41) is 0. The molecule has 1 atom stereocenters. The molecule has 1 unspecified atom stereocenters. The van der Waals surface area contributed by atoms with E-state index in [1.165, 1.54) is 37.7 Å². The highest BCUT2D eigenvalue weighted by molar-refractivity contribution is 9.10. The number of rotatable bonds is 6. The number of benzene rings is 1. The SMILES string of the molecule is CCC(N)Cc1cc(OC2CCC(CC)CC2)ccc1Br. The van der Waals surface area contributed by atoms with Crippen molar-refractivity contribution in [1.29, 1.82) is 0 Å². The van der Waals surface area contributed by atoms with Gasteiger partial charge in [-0.1, -0.05) is 36.2 Å². The predicted octanol–water partition coefficient (Wildman–Crippen LogP) is 5.08. The van der Waals surface area contributed by atoms with Crippen LogP contribution in [0.25, 0.3) is 0 Å². The number of hydrogen-bond acceptors (Lipinski definition) is 2. The molecule has 2 rings (SSSR count). The number of halogens is 1. The third-order valence-corrected chi connectivity index (χ3v) is 5.47. The van der Waals surface area contributed by atoms with Gasteiger partial charge in [0.05, 0.1) is 6.10 Å². The topological polar surface area (TPSA) is 35.2 Å². The van der Waals surface area contributed by atoms with E-state index in [1.807, 2.05) is 0 Å². The summed E-state index contributed by atoms with van der Waals surface area (Å²) in [6, 6.07) is 6.53. The molecular formula is C18H28BrNO. The lowest BCUT2D eigenvalue weighted by molar-refractivity contribution is 0.130. The molecule has 0 saturated heterocycles. The summed E-state index contributed by atoms with van der Waals surface area (Å²) in [5.41, 5.74) is 7.33. The molecule has 1 aromatic rings. The van der Waals surface area contributed by atoms with Crippen LogP contribution in [0.15, 0.2) is 22.7 Å². The van der Waals surface area contributed by atoms with Crippen molar-refractivity contribution in [3.8, 4) is 5.75 Å². The number of nitrogens with two attached hydrogens (primary N) is 1. The van der Waals surface area contributed by atoms with Gasteiger partial charge in [-0.2, -0.15) is 0 Å². The minimum absolute atomic E-state index is 0.219. The van der Waals surface area contributed by atoms with Crippen molar-refractivity contribution in [2.24, 2.45) is 11.7 Å². The number of hydrogen-bond donors (Lipinski definition) is 1. The fraction of sp³-hybridized carbons (Fsp3) is 0.667. The van der Waals surface area contributed by atoms with Crippen LogP contribution in [0.2, 0.25) is 0 Å². The first-order valence-electron chi connectivity index (χ1n) is 8.33. The molecule has 1 aromatic carbocycles. The molecule has 0 radical (unpaired) electrons. The van der Waals surface area contributed by atoms with Crippen LogP contribution in [0.1, 0.15) is 57.9 Å². The van der Waals surface area contributed by atoms with E-state index in [4.69, 9.17) is 10.5 Å². The zero-order valence-corrected chi connectivity index (χ0v) is 14.9. The maximum absolute atomic E-state index is 6.20. The minimum atomic E-state index is 0.219. The first kappa shape index (κ1) is 16.8. The second-order valence-electron chi connectivity index (χ2n) is 6.29. The van der Waals surface area contributed by atoms with Crippen molar-refractivity contribution in [2.45, 2.75) is 70.9 Å². The Labute approximate surface area is 137 Å². The third-order valence-electron chi connectivity index (χ3n) is 4.70. The molecule has 0 aromatic heterocycles. The molecule has 0 amide bonds. The Bertz CT molecular complexity index is 441. The van der Waals surface area contributed by atoms with Gasteiger partial charge in [-0.3, -0.25) is 0 Å². The molecule has 1 fully saturated rings. The standard InChI is InChI=1S/C18H28BrNO/c1-3-13-5-7-16(8-6-13)21-17-9-10-18(19)14(12-17)11-15(20)4-2/h9-10,12-13,15-16H,3-8,11,20H2,1-2H3. The molecule has 2 nitrogen and oxygen atoms in total. The van der Waals surface area contributed by atoms with E-state index in [2.05, 4.69) is 48.0 Å². The van der Waals surface area contributed by atoms with Crippen LogP contribution in [0.5, 0.6) is 5.75 Å². The van der Waals surface area contributed by atoms with Gasteiger partial charge in [0.1, 0.15) is 5.75 Å². The van der Waals surface area contributed by atoms with E-state index < -0.39 is 0 Å². The van der Waals surface area contributed by atoms with Gasteiger partial charge in [0.15, 0.2) is 0 Å². The fourth-order valence-electron chi connectivity index (χ4n) is 3.06. The average molecular weight is 354 g/mol. The molecule has 2 N–H and O–H groups in total. The van der Waals surface area contributed by atoms with Crippen molar-refractivity contribution in [2.75, 3.05) is 0 Å². The lowest BCUT2D eigenvalue weighted by Gasteiger charge is -2.28. The highest BCUT2D eigenvalue weighted by Gasteiger charge is 2.21. The molecule has 118 valence electrons. The summed E-state index contributed by atoms with van der Waals surface area (Å²) in [5.74, 6) is 1.91. The van der Waals surface area contributed by atoms with E-state index in [0.717, 1.165) is 29.0 Å². The predicted molar refractivity (Wildman–Crippen MR) is 92.8 cm³/mol. The minimum Gasteiger partial charge on any atom is -0.490 e. The Morgan fingerprint density at radius 1 is 1.24 bits per heavy atom. The summed E-state index contributed by atoms with van der Waals surface area (Å²) < 4.78 is 7.33. The Kier molecular flexibility index (Phi) is 6.56. The molecule has 1 aliphatic rings. The van der Waals surface area contributed by atoms with Gasteiger partial charge in [-0.05, 0) is 68.2 Å². The van der Waals surface area contributed by atoms with E-state index >= 15 is 0 Å². The van der Waals surface area contributed by atoms with Crippen molar-refractivity contribution in [1.82, 2.24) is 0 Å². The van der Waals surface area contributed by atoms with Gasteiger partial charge in [-0.15, -0.1) is 0 Å². The Balaban J connectivity index is 1.96. The van der Waals surface area contributed by atoms with E-state index in [0.29, 0.717) is 6.10 Å². The van der Waals surface area contributed by atoms with E-state index in [1.54, 1.807) is 0 Å². The smallest absolute Gasteiger partial charge is 0.120 e. The van der Waals surface area contributed by atoms with Crippen LogP contribution in [-0.4, -0.2) is 12.1 Å². The lowest BCUT2D eigenvalue weighted by Crippen LogP contribution is -2.24. The van der Waals surface area contributed by atoms with Gasteiger partial charge in [-0.25, -0.2) is 0 Å². The molecule has 0 spiro atoms. The van der Waals surface area contributed by atoms with Gasteiger partial charge < -0.3 is 10.5 Å². The molecule has 21 heavy (non-hydrogen) atoms. The molecule has 0 aliphatic heterocycles. The molecular weight excluding hydrogens is 326 g/mol. The highest BCUT2D eigenvalue weighted by atomic mass is 79.9. The molecule has 0 heterocycles. The van der Waals surface area contributed by atoms with E-state index in [-0.39, 0.29) is 6.04 Å². The largest absolute Gasteiger partial charge is 0.490 e. The lowest BCUT2D eigenvalue weighted by atomic mass is 9.86. The summed E-state index contributed by atoms with van der Waals surface area (Å²) in [7, 11) is 0. The van der Waals surface area contributed by atoms with Crippen LogP contribution in [0, 0.1) is 5.92 Å². The first-order chi connectivity index (χ1) is 10.1. The summed E-state index contributed by atoms with van der Waals surface area (Å²) in [6.45, 7) is 4.43. The molecule has 1 aliphatic carbocycles. The van der Waals surface area contributed by atoms with Crippen LogP contribution in [0.3, 0.4) is 0 Å². The van der Waals surface area contributed by atoms with E-state index in [9.17, 15) is 0 Å². The summed E-state index contributed by atoms with van der Waals surface area (Å²) >= 11 is 3.62. The van der Waals surface area contributed by atoms with Gasteiger partial charge in [0.25, 0.3) is 0 Å². The summed E-state index contributed by atoms with van der Waals surface area (Å²) in [6.07, 6.45) is 8.61. The molecule has 1 saturated carbocycles. The van der Waals surface area contributed by atoms with Crippen molar-refractivity contribution in [3.63, 3.8) is 0 Å². The zero-order chi connectivity index (χ0) is 15.2. The Hall–Kier alpha value is -0.540. The monoisotopic (exact) mass is 353 g/mol. The second-order valence-corrected chi connectivity index (χ2v) is 7.15. The highest BCUT2D eigenvalue weighted by Crippen LogP contribution is 2.31. The maximum Gasteiger partial charge on any atom is 0.120 e. The van der Waals surface area contributed by atoms with Crippen LogP contribution in [-0.2, 0) is 6.42 Å². The van der Waals surface area contributed by atoms with Gasteiger partial charge in [0.2, 0.25) is 0 Å². The second kappa shape index (κ2) is 8.19. The third kappa shape index (κ3) is 5.00. The van der Waals surface area contributed by atoms with Crippen LogP contribution < -0.4 is 10.5 Å². The van der Waals surface area contributed by atoms with Gasteiger partial charge >= 0.3 is 0 Å². The van der Waals surface area contributed by atoms with Crippen molar-refractivity contribution in [3.05, 3.63) is 28.2 Å².